The molecule has 0 spiro atoms. The van der Waals surface area contributed by atoms with E-state index in [0.29, 0.717) is 27.9 Å². The number of hydrogen-bond acceptors (Lipinski definition) is 10. The Labute approximate surface area is 226 Å². The number of nitriles is 1. The number of rotatable bonds is 9. The van der Waals surface area contributed by atoms with E-state index in [1.54, 1.807) is 19.1 Å². The van der Waals surface area contributed by atoms with Gasteiger partial charge in [0, 0.05) is 46.9 Å². The Morgan fingerprint density at radius 1 is 1.18 bits per heavy atom. The molecule has 3 aromatic rings. The highest BCUT2D eigenvalue weighted by molar-refractivity contribution is 9.10. The minimum atomic E-state index is -1.21. The number of benzene rings is 2. The highest BCUT2D eigenvalue weighted by Crippen LogP contribution is 2.36. The number of aromatic nitrogens is 1. The van der Waals surface area contributed by atoms with E-state index in [9.17, 15) is 19.6 Å². The van der Waals surface area contributed by atoms with Gasteiger partial charge in [-0.15, -0.1) is 0 Å². The summed E-state index contributed by atoms with van der Waals surface area (Å²) in [7, 11) is 1.43. The molecule has 196 valence electrons. The fourth-order valence-electron chi connectivity index (χ4n) is 3.25. The standard InChI is InChI=1S/C26H23BrN4O7/c1-4-36-26(34)38-15(2)37-24(33)9-8-23(32)31-21-11-19-20(12-22(21)35-3)29-14-16(13-28)25(19)30-18-7-5-6-17(27)10-18/h5-12,14-15H,4H2,1-3H3,(H,29,30)(H,31,32). The summed E-state index contributed by atoms with van der Waals surface area (Å²) in [5.74, 6) is -1.26. The number of hydrogen-bond donors (Lipinski definition) is 2. The SMILES string of the molecule is CCOC(=O)OC(C)OC(=O)C=CC(=O)Nc1cc2c(Nc3cccc(Br)c3)c(C#N)cnc2cc1OC. The normalized spacial score (nSPS) is 11.3. The highest BCUT2D eigenvalue weighted by Gasteiger charge is 2.16. The molecule has 1 aromatic heterocycles. The van der Waals surface area contributed by atoms with Crippen LogP contribution in [-0.2, 0) is 23.8 Å². The van der Waals surface area contributed by atoms with Crippen LogP contribution in [0.5, 0.6) is 5.75 Å². The number of carbonyl (C=O) groups is 3. The quantitative estimate of drug-likeness (QED) is 0.196. The van der Waals surface area contributed by atoms with Gasteiger partial charge < -0.3 is 29.6 Å². The van der Waals surface area contributed by atoms with Crippen molar-refractivity contribution in [3.05, 3.63) is 64.8 Å². The molecular weight excluding hydrogens is 560 g/mol. The monoisotopic (exact) mass is 582 g/mol. The van der Waals surface area contributed by atoms with E-state index >= 15 is 0 Å². The second kappa shape index (κ2) is 13.1. The molecule has 11 nitrogen and oxygen atoms in total. The summed E-state index contributed by atoms with van der Waals surface area (Å²) in [5.41, 5.74) is 2.31. The van der Waals surface area contributed by atoms with Crippen LogP contribution in [0.4, 0.5) is 21.9 Å². The molecule has 2 aromatic carbocycles. The number of carbonyl (C=O) groups excluding carboxylic acids is 3. The van der Waals surface area contributed by atoms with Gasteiger partial charge in [0.2, 0.25) is 12.2 Å². The number of methoxy groups -OCH3 is 1. The van der Waals surface area contributed by atoms with Crippen molar-refractivity contribution < 1.29 is 33.3 Å². The molecule has 0 saturated heterocycles. The molecule has 0 radical (unpaired) electrons. The van der Waals surface area contributed by atoms with E-state index in [1.807, 2.05) is 24.3 Å². The summed E-state index contributed by atoms with van der Waals surface area (Å²) in [5, 5.41) is 16.1. The number of halogens is 1. The number of esters is 1. The van der Waals surface area contributed by atoms with Crippen LogP contribution in [0.15, 0.2) is 59.2 Å². The summed E-state index contributed by atoms with van der Waals surface area (Å²) < 4.78 is 20.4. The minimum Gasteiger partial charge on any atom is -0.494 e. The van der Waals surface area contributed by atoms with Crippen molar-refractivity contribution in [3.8, 4) is 11.8 Å². The van der Waals surface area contributed by atoms with E-state index < -0.39 is 24.3 Å². The number of nitrogens with zero attached hydrogens (tertiary/aromatic N) is 2. The lowest BCUT2D eigenvalue weighted by molar-refractivity contribution is -0.161. The maximum Gasteiger partial charge on any atom is 0.511 e. The molecule has 1 atom stereocenters. The Morgan fingerprint density at radius 3 is 2.66 bits per heavy atom. The Morgan fingerprint density at radius 2 is 1.97 bits per heavy atom. The fraction of sp³-hybridized carbons (Fsp3) is 0.192. The van der Waals surface area contributed by atoms with Crippen LogP contribution in [-0.4, -0.2) is 43.0 Å². The van der Waals surface area contributed by atoms with Gasteiger partial charge >= 0.3 is 12.1 Å². The molecule has 0 fully saturated rings. The maximum atomic E-state index is 12.6. The van der Waals surface area contributed by atoms with Gasteiger partial charge in [0.1, 0.15) is 11.8 Å². The first kappa shape index (κ1) is 27.9. The molecule has 0 saturated carbocycles. The average Bonchev–Trinajstić information content (AvgIpc) is 2.87. The summed E-state index contributed by atoms with van der Waals surface area (Å²) >= 11 is 3.42. The van der Waals surface area contributed by atoms with Crippen molar-refractivity contribution in [3.63, 3.8) is 0 Å². The summed E-state index contributed by atoms with van der Waals surface area (Å²) in [6, 6.07) is 12.8. The Bertz CT molecular complexity index is 1440. The lowest BCUT2D eigenvalue weighted by atomic mass is 10.1. The van der Waals surface area contributed by atoms with Crippen LogP contribution >= 0.6 is 15.9 Å². The van der Waals surface area contributed by atoms with E-state index in [0.717, 1.165) is 22.3 Å². The van der Waals surface area contributed by atoms with Gasteiger partial charge in [-0.25, -0.2) is 9.59 Å². The maximum absolute atomic E-state index is 12.6. The zero-order chi connectivity index (χ0) is 27.7. The third-order valence-electron chi connectivity index (χ3n) is 4.84. The van der Waals surface area contributed by atoms with Gasteiger partial charge in [-0.2, -0.15) is 5.26 Å². The van der Waals surface area contributed by atoms with Gasteiger partial charge in [0.05, 0.1) is 36.2 Å². The predicted molar refractivity (Wildman–Crippen MR) is 142 cm³/mol. The molecule has 0 bridgehead atoms. The van der Waals surface area contributed by atoms with Crippen molar-refractivity contribution in [2.75, 3.05) is 24.4 Å². The molecule has 0 aliphatic rings. The Kier molecular flexibility index (Phi) is 9.61. The predicted octanol–water partition coefficient (Wildman–Crippen LogP) is 5.18. The molecule has 0 aliphatic heterocycles. The summed E-state index contributed by atoms with van der Waals surface area (Å²) in [4.78, 5) is 40.1. The van der Waals surface area contributed by atoms with Crippen molar-refractivity contribution in [1.29, 1.82) is 5.26 Å². The lowest BCUT2D eigenvalue weighted by Gasteiger charge is -2.15. The number of ether oxygens (including phenoxy) is 4. The van der Waals surface area contributed by atoms with E-state index in [2.05, 4.69) is 42.4 Å². The van der Waals surface area contributed by atoms with Crippen molar-refractivity contribution in [2.45, 2.75) is 20.1 Å². The van der Waals surface area contributed by atoms with Crippen LogP contribution in [0.1, 0.15) is 19.4 Å². The number of fused-ring (bicyclic) bond motifs is 1. The molecule has 1 amide bonds. The molecule has 12 heteroatoms. The largest absolute Gasteiger partial charge is 0.511 e. The lowest BCUT2D eigenvalue weighted by Crippen LogP contribution is -2.21. The third kappa shape index (κ3) is 7.44. The Balaban J connectivity index is 1.83. The topological polar surface area (TPSA) is 149 Å². The zero-order valence-corrected chi connectivity index (χ0v) is 22.2. The minimum absolute atomic E-state index is 0.104. The molecule has 2 N–H and O–H groups in total. The van der Waals surface area contributed by atoms with Crippen LogP contribution < -0.4 is 15.4 Å². The van der Waals surface area contributed by atoms with Crippen molar-refractivity contribution in [2.24, 2.45) is 0 Å². The first-order valence-electron chi connectivity index (χ1n) is 11.2. The molecular formula is C26H23BrN4O7. The molecule has 1 unspecified atom stereocenters. The zero-order valence-electron chi connectivity index (χ0n) is 20.6. The van der Waals surface area contributed by atoms with Crippen LogP contribution in [0, 0.1) is 11.3 Å². The number of amides is 1. The first-order valence-corrected chi connectivity index (χ1v) is 12.0. The van der Waals surface area contributed by atoms with Crippen LogP contribution in [0.2, 0.25) is 0 Å². The van der Waals surface area contributed by atoms with Gasteiger partial charge in [-0.05, 0) is 31.2 Å². The van der Waals surface area contributed by atoms with Crippen molar-refractivity contribution >= 4 is 61.9 Å². The van der Waals surface area contributed by atoms with Crippen molar-refractivity contribution in [1.82, 2.24) is 4.98 Å². The van der Waals surface area contributed by atoms with Crippen LogP contribution in [0.25, 0.3) is 10.9 Å². The number of anilines is 3. The number of pyridine rings is 1. The smallest absolute Gasteiger partial charge is 0.494 e. The van der Waals surface area contributed by atoms with Gasteiger partial charge in [-0.3, -0.25) is 9.78 Å². The second-order valence-electron chi connectivity index (χ2n) is 7.49. The number of nitrogens with one attached hydrogen (secondary N) is 2. The highest BCUT2D eigenvalue weighted by atomic mass is 79.9. The van der Waals surface area contributed by atoms with Gasteiger partial charge in [-0.1, -0.05) is 22.0 Å². The molecule has 38 heavy (non-hydrogen) atoms. The van der Waals surface area contributed by atoms with E-state index in [1.165, 1.54) is 20.2 Å². The Hall–Kier alpha value is -4.63. The first-order chi connectivity index (χ1) is 18.2. The summed E-state index contributed by atoms with van der Waals surface area (Å²) in [6.45, 7) is 3.03. The summed E-state index contributed by atoms with van der Waals surface area (Å²) in [6.07, 6.45) is 1.08. The van der Waals surface area contributed by atoms with E-state index in [-0.39, 0.29) is 12.3 Å². The second-order valence-corrected chi connectivity index (χ2v) is 8.41. The molecule has 1 heterocycles. The van der Waals surface area contributed by atoms with E-state index in [4.69, 9.17) is 14.2 Å². The fourth-order valence-corrected chi connectivity index (χ4v) is 3.65. The average molecular weight is 583 g/mol. The van der Waals surface area contributed by atoms with Gasteiger partial charge in [0.25, 0.3) is 0 Å². The molecule has 0 aliphatic carbocycles. The molecule has 3 rings (SSSR count). The third-order valence-corrected chi connectivity index (χ3v) is 5.33. The van der Waals surface area contributed by atoms with Crippen LogP contribution in [0.3, 0.4) is 0 Å². The van der Waals surface area contributed by atoms with Gasteiger partial charge in [0.15, 0.2) is 0 Å².